The third kappa shape index (κ3) is 5.28. The van der Waals surface area contributed by atoms with Gasteiger partial charge in [0.15, 0.2) is 0 Å². The zero-order valence-electron chi connectivity index (χ0n) is 20.8. The fourth-order valence-corrected chi connectivity index (χ4v) is 7.20. The summed E-state index contributed by atoms with van der Waals surface area (Å²) < 4.78 is 80.0. The predicted octanol–water partition coefficient (Wildman–Crippen LogP) is 5.35. The molecule has 0 saturated carbocycles. The predicted molar refractivity (Wildman–Crippen MR) is 140 cm³/mol. The second-order valence-corrected chi connectivity index (χ2v) is 11.5. The largest absolute Gasteiger partial charge is 0.508 e. The van der Waals surface area contributed by atoms with Crippen LogP contribution in [-0.4, -0.2) is 55.9 Å². The van der Waals surface area contributed by atoms with Gasteiger partial charge in [-0.3, -0.25) is 4.31 Å². The average Bonchev–Trinajstić information content (AvgIpc) is 3.49. The number of aromatic hydroxyl groups is 2. The minimum atomic E-state index is -4.56. The summed E-state index contributed by atoms with van der Waals surface area (Å²) in [5, 5.41) is 18.4. The topological polar surface area (TPSA) is 96.3 Å². The van der Waals surface area contributed by atoms with E-state index in [0.717, 1.165) is 15.4 Å². The van der Waals surface area contributed by atoms with Gasteiger partial charge in [0.2, 0.25) is 10.0 Å². The van der Waals surface area contributed by atoms with E-state index in [-0.39, 0.29) is 23.6 Å². The van der Waals surface area contributed by atoms with Gasteiger partial charge >= 0.3 is 6.18 Å². The number of halogens is 3. The van der Waals surface area contributed by atoms with Crippen molar-refractivity contribution in [3.8, 4) is 17.2 Å². The summed E-state index contributed by atoms with van der Waals surface area (Å²) in [6.07, 6.45) is -7.43. The van der Waals surface area contributed by atoms with Crippen LogP contribution >= 0.6 is 0 Å². The Morgan fingerprint density at radius 3 is 1.95 bits per heavy atom. The molecule has 7 nitrogen and oxygen atoms in total. The van der Waals surface area contributed by atoms with Crippen LogP contribution in [0, 0.1) is 0 Å². The highest BCUT2D eigenvalue weighted by molar-refractivity contribution is 7.93. The number of alkyl halides is 3. The Labute approximate surface area is 223 Å². The zero-order valence-corrected chi connectivity index (χ0v) is 21.6. The van der Waals surface area contributed by atoms with Crippen LogP contribution in [0.25, 0.3) is 11.1 Å². The molecule has 11 heteroatoms. The third-order valence-corrected chi connectivity index (χ3v) is 9.21. The molecule has 5 rings (SSSR count). The van der Waals surface area contributed by atoms with Crippen molar-refractivity contribution in [3.63, 3.8) is 0 Å². The second-order valence-electron chi connectivity index (χ2n) is 9.42. The van der Waals surface area contributed by atoms with Crippen molar-refractivity contribution in [3.05, 3.63) is 83.9 Å². The number of methoxy groups -OCH3 is 1. The molecule has 2 heterocycles. The van der Waals surface area contributed by atoms with E-state index < -0.39 is 46.6 Å². The fourth-order valence-electron chi connectivity index (χ4n) is 5.19. The molecule has 1 fully saturated rings. The lowest BCUT2D eigenvalue weighted by Crippen LogP contribution is -2.45. The van der Waals surface area contributed by atoms with Crippen LogP contribution in [0.3, 0.4) is 0 Å². The van der Waals surface area contributed by atoms with Crippen molar-refractivity contribution in [2.75, 3.05) is 18.0 Å². The lowest BCUT2D eigenvalue weighted by molar-refractivity contribution is -0.131. The van der Waals surface area contributed by atoms with E-state index >= 15 is 0 Å². The minimum absolute atomic E-state index is 0.0246. The number of sulfonamides is 1. The molecule has 2 bridgehead atoms. The van der Waals surface area contributed by atoms with Crippen LogP contribution < -0.4 is 9.04 Å². The van der Waals surface area contributed by atoms with Crippen LogP contribution in [0.5, 0.6) is 17.2 Å². The smallest absolute Gasteiger partial charge is 0.390 e. The molecule has 2 N–H and O–H groups in total. The summed E-state index contributed by atoms with van der Waals surface area (Å²) in [5.41, 5.74) is 2.76. The molecule has 3 aromatic carbocycles. The van der Waals surface area contributed by atoms with Gasteiger partial charge in [-0.05, 0) is 77.2 Å². The van der Waals surface area contributed by atoms with E-state index in [9.17, 15) is 31.8 Å². The number of nitrogens with zero attached hydrogens (tertiary/aromatic N) is 1. The van der Waals surface area contributed by atoms with Gasteiger partial charge in [0.25, 0.3) is 0 Å². The number of hydrogen-bond donors (Lipinski definition) is 2. The van der Waals surface area contributed by atoms with Crippen molar-refractivity contribution < 1.29 is 41.3 Å². The highest BCUT2D eigenvalue weighted by Gasteiger charge is 2.54. The Hall–Kier alpha value is -3.70. The summed E-state index contributed by atoms with van der Waals surface area (Å²) in [7, 11) is -2.91. The molecule has 2 aliphatic heterocycles. The first-order valence-corrected chi connectivity index (χ1v) is 13.7. The first-order valence-electron chi connectivity index (χ1n) is 12.2. The Balaban J connectivity index is 1.58. The van der Waals surface area contributed by atoms with E-state index in [1.807, 2.05) is 0 Å². The van der Waals surface area contributed by atoms with Gasteiger partial charge in [0.05, 0.1) is 25.3 Å². The van der Waals surface area contributed by atoms with Gasteiger partial charge in [-0.2, -0.15) is 13.2 Å². The van der Waals surface area contributed by atoms with E-state index in [2.05, 4.69) is 0 Å². The normalized spacial score (nSPS) is 20.9. The van der Waals surface area contributed by atoms with Crippen LogP contribution in [0.15, 0.2) is 72.8 Å². The Bertz CT molecular complexity index is 1470. The molecule has 2 aliphatic rings. The van der Waals surface area contributed by atoms with Gasteiger partial charge in [-0.25, -0.2) is 8.42 Å². The number of ether oxygens (including phenoxy) is 2. The standard InChI is InChI=1S/C28H26F3NO6S/c1-37-22-12-6-19(7-13-22)32(15-14-28(29,30)31)39(35,36)24-16-23-25(17-2-8-20(33)9-3-17)26(27(24)38-23)18-4-10-21(34)11-5-18/h2-13,23-24,27,33-34H,14-16H2,1H3. The number of hydrogen-bond acceptors (Lipinski definition) is 6. The van der Waals surface area contributed by atoms with Crippen LogP contribution in [0.4, 0.5) is 18.9 Å². The maximum absolute atomic E-state index is 14.1. The van der Waals surface area contributed by atoms with E-state index in [1.54, 1.807) is 24.3 Å². The van der Waals surface area contributed by atoms with E-state index in [0.29, 0.717) is 16.9 Å². The number of phenolic OH excluding ortho intramolecular Hbond substituents is 2. The summed E-state index contributed by atoms with van der Waals surface area (Å²) in [6, 6.07) is 18.5. The second kappa shape index (κ2) is 10.1. The molecule has 0 aliphatic carbocycles. The molecular formula is C28H26F3NO6S. The van der Waals surface area contributed by atoms with Gasteiger partial charge in [0, 0.05) is 6.54 Å². The molecule has 3 unspecified atom stereocenters. The minimum Gasteiger partial charge on any atom is -0.508 e. The van der Waals surface area contributed by atoms with Crippen molar-refractivity contribution in [1.82, 2.24) is 0 Å². The summed E-state index contributed by atoms with van der Waals surface area (Å²) in [6.45, 7) is -0.783. The number of anilines is 1. The Morgan fingerprint density at radius 2 is 1.44 bits per heavy atom. The van der Waals surface area contributed by atoms with Crippen molar-refractivity contribution in [1.29, 1.82) is 0 Å². The molecule has 1 saturated heterocycles. The van der Waals surface area contributed by atoms with Crippen molar-refractivity contribution >= 4 is 26.9 Å². The van der Waals surface area contributed by atoms with Crippen LogP contribution in [-0.2, 0) is 14.8 Å². The monoisotopic (exact) mass is 561 g/mol. The van der Waals surface area contributed by atoms with Gasteiger partial charge in [0.1, 0.15) is 28.6 Å². The van der Waals surface area contributed by atoms with Gasteiger partial charge in [-0.1, -0.05) is 24.3 Å². The number of rotatable bonds is 8. The first kappa shape index (κ1) is 26.9. The molecule has 206 valence electrons. The molecular weight excluding hydrogens is 535 g/mol. The maximum atomic E-state index is 14.1. The van der Waals surface area contributed by atoms with E-state index in [1.165, 1.54) is 55.6 Å². The number of phenols is 2. The molecule has 0 aromatic heterocycles. The highest BCUT2D eigenvalue weighted by atomic mass is 32.2. The molecule has 39 heavy (non-hydrogen) atoms. The Kier molecular flexibility index (Phi) is 6.98. The summed E-state index contributed by atoms with van der Waals surface area (Å²) in [4.78, 5) is 0. The SMILES string of the molecule is COc1ccc(N(CCC(F)(F)F)S(=O)(=O)C2CC3OC2C(c2ccc(O)cc2)=C3c2ccc(O)cc2)cc1. The molecule has 3 atom stereocenters. The summed E-state index contributed by atoms with van der Waals surface area (Å²) in [5.74, 6) is 0.526. The van der Waals surface area contributed by atoms with Gasteiger partial charge in [-0.15, -0.1) is 0 Å². The molecule has 3 aromatic rings. The lowest BCUT2D eigenvalue weighted by atomic mass is 9.83. The maximum Gasteiger partial charge on any atom is 0.390 e. The van der Waals surface area contributed by atoms with Crippen molar-refractivity contribution in [2.24, 2.45) is 0 Å². The summed E-state index contributed by atoms with van der Waals surface area (Å²) >= 11 is 0. The first-order chi connectivity index (χ1) is 18.5. The third-order valence-electron chi connectivity index (χ3n) is 7.00. The van der Waals surface area contributed by atoms with Crippen LogP contribution in [0.1, 0.15) is 24.0 Å². The van der Waals surface area contributed by atoms with Crippen molar-refractivity contribution in [2.45, 2.75) is 36.5 Å². The van der Waals surface area contributed by atoms with Crippen LogP contribution in [0.2, 0.25) is 0 Å². The fraction of sp³-hybridized carbons (Fsp3) is 0.286. The highest BCUT2D eigenvalue weighted by Crippen LogP contribution is 2.51. The number of fused-ring (bicyclic) bond motifs is 2. The zero-order chi connectivity index (χ0) is 27.9. The number of benzene rings is 3. The van der Waals surface area contributed by atoms with E-state index in [4.69, 9.17) is 9.47 Å². The lowest BCUT2D eigenvalue weighted by Gasteiger charge is -2.32. The van der Waals surface area contributed by atoms with Gasteiger partial charge < -0.3 is 19.7 Å². The molecule has 0 amide bonds. The Morgan fingerprint density at radius 1 is 0.897 bits per heavy atom. The average molecular weight is 562 g/mol. The quantitative estimate of drug-likeness (QED) is 0.385. The molecule has 0 spiro atoms. The molecule has 0 radical (unpaired) electrons.